The van der Waals surface area contributed by atoms with E-state index in [1.807, 2.05) is 0 Å². The van der Waals surface area contributed by atoms with Gasteiger partial charge in [0.2, 0.25) is 0 Å². The average Bonchev–Trinajstić information content (AvgIpc) is 2.41. The van der Waals surface area contributed by atoms with Crippen LogP contribution in [0.25, 0.3) is 0 Å². The van der Waals surface area contributed by atoms with Crippen LogP contribution in [0.4, 0.5) is 0 Å². The lowest BCUT2D eigenvalue weighted by atomic mass is 9.85. The van der Waals surface area contributed by atoms with Gasteiger partial charge in [-0.25, -0.2) is 0 Å². The molecule has 0 spiro atoms. The van der Waals surface area contributed by atoms with Gasteiger partial charge < -0.3 is 10.4 Å². The van der Waals surface area contributed by atoms with E-state index >= 15 is 0 Å². The van der Waals surface area contributed by atoms with Crippen molar-refractivity contribution >= 4 is 39.4 Å². The summed E-state index contributed by atoms with van der Waals surface area (Å²) in [5.74, 6) is -1.37. The Morgan fingerprint density at radius 1 is 1.35 bits per heavy atom. The predicted molar refractivity (Wildman–Crippen MR) is 80.0 cm³/mol. The molecule has 1 fully saturated rings. The Hall–Kier alpha value is -1.07. The molecule has 2 atom stereocenters. The van der Waals surface area contributed by atoms with Gasteiger partial charge in [0.05, 0.1) is 11.5 Å². The van der Waals surface area contributed by atoms with Crippen molar-refractivity contribution in [3.63, 3.8) is 0 Å². The zero-order chi connectivity index (χ0) is 14.7. The van der Waals surface area contributed by atoms with E-state index in [1.165, 1.54) is 0 Å². The molecule has 0 radical (unpaired) electrons. The van der Waals surface area contributed by atoms with Crippen LogP contribution < -0.4 is 5.32 Å². The second-order valence-corrected chi connectivity index (χ2v) is 6.29. The zero-order valence-corrected chi connectivity index (χ0v) is 13.1. The molecule has 108 valence electrons. The first kappa shape index (κ1) is 15.3. The summed E-state index contributed by atoms with van der Waals surface area (Å²) in [7, 11) is 0. The highest BCUT2D eigenvalue weighted by atomic mass is 79.9. The Morgan fingerprint density at radius 3 is 2.80 bits per heavy atom. The molecule has 2 rings (SSSR count). The van der Waals surface area contributed by atoms with Gasteiger partial charge in [-0.2, -0.15) is 0 Å². The number of carbonyl (C=O) groups excluding carboxylic acids is 1. The van der Waals surface area contributed by atoms with Crippen molar-refractivity contribution in [3.8, 4) is 0 Å². The number of halogens is 2. The van der Waals surface area contributed by atoms with E-state index in [-0.39, 0.29) is 17.9 Å². The maximum absolute atomic E-state index is 12.2. The number of amides is 1. The monoisotopic (exact) mass is 359 g/mol. The number of nitrogens with one attached hydrogen (secondary N) is 1. The molecule has 0 saturated heterocycles. The molecule has 0 aromatic heterocycles. The van der Waals surface area contributed by atoms with Gasteiger partial charge in [-0.1, -0.05) is 18.0 Å². The molecule has 1 aliphatic rings. The van der Waals surface area contributed by atoms with Gasteiger partial charge >= 0.3 is 5.97 Å². The molecule has 0 bridgehead atoms. The smallest absolute Gasteiger partial charge is 0.306 e. The van der Waals surface area contributed by atoms with Crippen molar-refractivity contribution in [1.29, 1.82) is 0 Å². The van der Waals surface area contributed by atoms with E-state index in [2.05, 4.69) is 21.2 Å². The van der Waals surface area contributed by atoms with Crippen molar-refractivity contribution in [2.75, 3.05) is 0 Å². The van der Waals surface area contributed by atoms with Crippen molar-refractivity contribution in [3.05, 3.63) is 33.3 Å². The van der Waals surface area contributed by atoms with Crippen molar-refractivity contribution in [1.82, 2.24) is 5.32 Å². The summed E-state index contributed by atoms with van der Waals surface area (Å²) >= 11 is 9.21. The molecule has 1 saturated carbocycles. The van der Waals surface area contributed by atoms with Gasteiger partial charge in [-0.15, -0.1) is 0 Å². The van der Waals surface area contributed by atoms with Crippen LogP contribution in [0.15, 0.2) is 22.7 Å². The highest BCUT2D eigenvalue weighted by molar-refractivity contribution is 9.10. The molecule has 2 unspecified atom stereocenters. The molecule has 4 nitrogen and oxygen atoms in total. The van der Waals surface area contributed by atoms with Gasteiger partial charge in [-0.3, -0.25) is 9.59 Å². The van der Waals surface area contributed by atoms with Crippen LogP contribution >= 0.6 is 27.5 Å². The summed E-state index contributed by atoms with van der Waals surface area (Å²) < 4.78 is 0.671. The fraction of sp³-hybridized carbons (Fsp3) is 0.429. The number of benzene rings is 1. The summed E-state index contributed by atoms with van der Waals surface area (Å²) in [5.41, 5.74) is 0.468. The first-order chi connectivity index (χ1) is 9.47. The van der Waals surface area contributed by atoms with Crippen molar-refractivity contribution < 1.29 is 14.7 Å². The minimum Gasteiger partial charge on any atom is -0.481 e. The Labute approximate surface area is 130 Å². The minimum atomic E-state index is -0.784. The third-order valence-corrected chi connectivity index (χ3v) is 4.46. The van der Waals surface area contributed by atoms with E-state index in [9.17, 15) is 9.59 Å². The van der Waals surface area contributed by atoms with Gasteiger partial charge in [0.15, 0.2) is 0 Å². The average molecular weight is 361 g/mol. The van der Waals surface area contributed by atoms with Gasteiger partial charge in [0.25, 0.3) is 5.91 Å². The Balaban J connectivity index is 2.04. The summed E-state index contributed by atoms with van der Waals surface area (Å²) in [4.78, 5) is 23.2. The lowest BCUT2D eigenvalue weighted by molar-refractivity contribution is -0.143. The predicted octanol–water partition coefficient (Wildman–Crippen LogP) is 3.48. The first-order valence-corrected chi connectivity index (χ1v) is 7.63. The van der Waals surface area contributed by atoms with E-state index in [4.69, 9.17) is 16.7 Å². The summed E-state index contributed by atoms with van der Waals surface area (Å²) in [6.07, 6.45) is 2.80. The van der Waals surface area contributed by atoms with E-state index in [0.29, 0.717) is 27.9 Å². The maximum atomic E-state index is 12.2. The number of aliphatic carboxylic acids is 1. The summed E-state index contributed by atoms with van der Waals surface area (Å²) in [6.45, 7) is 0. The Bertz CT molecular complexity index is 535. The third kappa shape index (κ3) is 3.73. The molecule has 1 aliphatic carbocycles. The highest BCUT2D eigenvalue weighted by Gasteiger charge is 2.28. The standard InChI is InChI=1S/C14H15BrClNO3/c15-12-5-4-9(16)7-11(12)13(18)17-10-3-1-2-8(6-10)14(19)20/h4-5,7-8,10H,1-3,6H2,(H,17,18)(H,19,20). The topological polar surface area (TPSA) is 66.4 Å². The summed E-state index contributed by atoms with van der Waals surface area (Å²) in [6, 6.07) is 4.92. The second kappa shape index (κ2) is 6.59. The number of carbonyl (C=O) groups is 2. The Kier molecular flexibility index (Phi) is 5.05. The number of rotatable bonds is 3. The Morgan fingerprint density at radius 2 is 2.10 bits per heavy atom. The molecular weight excluding hydrogens is 346 g/mol. The number of hydrogen-bond donors (Lipinski definition) is 2. The molecule has 1 aromatic carbocycles. The molecule has 6 heteroatoms. The minimum absolute atomic E-state index is 0.0942. The molecular formula is C14H15BrClNO3. The number of carboxylic acids is 1. The normalized spacial score (nSPS) is 22.3. The maximum Gasteiger partial charge on any atom is 0.306 e. The van der Waals surface area contributed by atoms with Crippen LogP contribution in [-0.2, 0) is 4.79 Å². The molecule has 1 amide bonds. The van der Waals surface area contributed by atoms with Crippen LogP contribution in [-0.4, -0.2) is 23.0 Å². The fourth-order valence-electron chi connectivity index (χ4n) is 2.48. The quantitative estimate of drug-likeness (QED) is 0.867. The van der Waals surface area contributed by atoms with E-state index in [0.717, 1.165) is 12.8 Å². The van der Waals surface area contributed by atoms with Gasteiger partial charge in [-0.05, 0) is 53.4 Å². The number of carboxylic acid groups (broad SMARTS) is 1. The lowest BCUT2D eigenvalue weighted by Gasteiger charge is -2.27. The van der Waals surface area contributed by atoms with Gasteiger partial charge in [0, 0.05) is 15.5 Å². The van der Waals surface area contributed by atoms with E-state index < -0.39 is 5.97 Å². The largest absolute Gasteiger partial charge is 0.481 e. The van der Waals surface area contributed by atoms with Crippen LogP contribution in [0.3, 0.4) is 0 Å². The van der Waals surface area contributed by atoms with Crippen molar-refractivity contribution in [2.45, 2.75) is 31.7 Å². The fourth-order valence-corrected chi connectivity index (χ4v) is 3.08. The zero-order valence-electron chi connectivity index (χ0n) is 10.7. The van der Waals surface area contributed by atoms with Crippen LogP contribution in [0.1, 0.15) is 36.0 Å². The number of hydrogen-bond acceptors (Lipinski definition) is 2. The van der Waals surface area contributed by atoms with Crippen LogP contribution in [0.2, 0.25) is 5.02 Å². The molecule has 2 N–H and O–H groups in total. The van der Waals surface area contributed by atoms with Gasteiger partial charge in [0.1, 0.15) is 0 Å². The van der Waals surface area contributed by atoms with Crippen LogP contribution in [0.5, 0.6) is 0 Å². The molecule has 0 aliphatic heterocycles. The second-order valence-electron chi connectivity index (χ2n) is 5.00. The first-order valence-electron chi connectivity index (χ1n) is 6.46. The molecule has 0 heterocycles. The van der Waals surface area contributed by atoms with Crippen LogP contribution in [0, 0.1) is 5.92 Å². The highest BCUT2D eigenvalue weighted by Crippen LogP contribution is 2.26. The third-order valence-electron chi connectivity index (χ3n) is 3.53. The molecule has 1 aromatic rings. The lowest BCUT2D eigenvalue weighted by Crippen LogP contribution is -2.40. The van der Waals surface area contributed by atoms with E-state index in [1.54, 1.807) is 18.2 Å². The van der Waals surface area contributed by atoms with Crippen molar-refractivity contribution in [2.24, 2.45) is 5.92 Å². The molecule has 20 heavy (non-hydrogen) atoms. The SMILES string of the molecule is O=C(NC1CCCC(C(=O)O)C1)c1cc(Cl)ccc1Br. The summed E-state index contributed by atoms with van der Waals surface area (Å²) in [5, 5.41) is 12.4.